The molecule has 21 heavy (non-hydrogen) atoms. The predicted octanol–water partition coefficient (Wildman–Crippen LogP) is 2.14. The minimum Gasteiger partial charge on any atom is -0.354 e. The lowest BCUT2D eigenvalue weighted by atomic mass is 10.2. The molecule has 106 valence electrons. The molecule has 2 aromatic rings. The number of carbonyl (C=O) groups is 1. The molecule has 0 radical (unpaired) electrons. The highest BCUT2D eigenvalue weighted by atomic mass is 16.1. The van der Waals surface area contributed by atoms with Crippen LogP contribution >= 0.6 is 0 Å². The summed E-state index contributed by atoms with van der Waals surface area (Å²) >= 11 is 0. The van der Waals surface area contributed by atoms with Gasteiger partial charge in [0, 0.05) is 43.2 Å². The normalized spacial score (nSPS) is 9.86. The molecule has 0 aliphatic heterocycles. The van der Waals surface area contributed by atoms with Gasteiger partial charge in [-0.3, -0.25) is 9.59 Å². The van der Waals surface area contributed by atoms with Crippen molar-refractivity contribution in [3.05, 3.63) is 64.6 Å². The number of nitriles is 1. The second kappa shape index (κ2) is 7.06. The maximum Gasteiger partial charge on any atom is 0.224 e. The number of nitrogens with one attached hydrogen (secondary N) is 1. The molecule has 0 aliphatic carbocycles. The number of nitrogens with zero attached hydrogens (tertiary/aromatic N) is 2. The average molecular weight is 281 g/mol. The van der Waals surface area contributed by atoms with E-state index in [4.69, 9.17) is 5.26 Å². The predicted molar refractivity (Wildman–Crippen MR) is 79.7 cm³/mol. The van der Waals surface area contributed by atoms with Crippen molar-refractivity contribution in [2.75, 3.05) is 5.32 Å². The van der Waals surface area contributed by atoms with Crippen LogP contribution in [0.5, 0.6) is 0 Å². The Morgan fingerprint density at radius 3 is 2.43 bits per heavy atom. The quantitative estimate of drug-likeness (QED) is 0.912. The molecular formula is C16H15N3O2. The first-order chi connectivity index (χ1) is 10.2. The van der Waals surface area contributed by atoms with Crippen LogP contribution in [0.15, 0.2) is 53.6 Å². The number of aryl methyl sites for hydroxylation is 1. The molecule has 0 spiro atoms. The van der Waals surface area contributed by atoms with Gasteiger partial charge in [-0.25, -0.2) is 0 Å². The summed E-state index contributed by atoms with van der Waals surface area (Å²) in [5, 5.41) is 11.5. The molecular weight excluding hydrogens is 266 g/mol. The van der Waals surface area contributed by atoms with E-state index in [1.54, 1.807) is 36.7 Å². The third-order valence-electron chi connectivity index (χ3n) is 2.98. The molecule has 1 N–H and O–H groups in total. The van der Waals surface area contributed by atoms with Crippen LogP contribution in [0.1, 0.15) is 18.4 Å². The smallest absolute Gasteiger partial charge is 0.224 e. The molecule has 2 rings (SSSR count). The number of rotatable bonds is 5. The van der Waals surface area contributed by atoms with Gasteiger partial charge in [0.25, 0.3) is 0 Å². The van der Waals surface area contributed by atoms with Gasteiger partial charge in [-0.05, 0) is 30.7 Å². The van der Waals surface area contributed by atoms with Gasteiger partial charge in [-0.2, -0.15) is 5.26 Å². The highest BCUT2D eigenvalue weighted by molar-refractivity contribution is 5.90. The maximum absolute atomic E-state index is 11.8. The molecule has 5 nitrogen and oxygen atoms in total. The number of pyridine rings is 1. The van der Waals surface area contributed by atoms with E-state index >= 15 is 0 Å². The second-order valence-electron chi connectivity index (χ2n) is 4.61. The zero-order valence-corrected chi connectivity index (χ0v) is 11.5. The van der Waals surface area contributed by atoms with E-state index in [1.165, 1.54) is 12.1 Å². The summed E-state index contributed by atoms with van der Waals surface area (Å²) in [5.41, 5.74) is 1.22. The number of hydrogen-bond acceptors (Lipinski definition) is 3. The van der Waals surface area contributed by atoms with Crippen molar-refractivity contribution in [3.63, 3.8) is 0 Å². The van der Waals surface area contributed by atoms with Gasteiger partial charge >= 0.3 is 0 Å². The van der Waals surface area contributed by atoms with Crippen molar-refractivity contribution in [3.8, 4) is 6.07 Å². The molecule has 5 heteroatoms. The molecule has 0 bridgehead atoms. The lowest BCUT2D eigenvalue weighted by molar-refractivity contribution is -0.116. The standard InChI is InChI=1S/C16H15N3O2/c17-12-13-3-5-14(6-4-13)18-16(21)2-1-9-19-10-7-15(20)8-11-19/h3-8,10-11H,1-2,9H2,(H,18,21). The number of hydrogen-bond donors (Lipinski definition) is 1. The molecule has 1 amide bonds. The largest absolute Gasteiger partial charge is 0.354 e. The van der Waals surface area contributed by atoms with Gasteiger partial charge in [-0.1, -0.05) is 0 Å². The van der Waals surface area contributed by atoms with Crippen LogP contribution in [-0.4, -0.2) is 10.5 Å². The topological polar surface area (TPSA) is 74.9 Å². The number of carbonyl (C=O) groups excluding carboxylic acids is 1. The van der Waals surface area contributed by atoms with Crippen LogP contribution in [0.4, 0.5) is 5.69 Å². The van der Waals surface area contributed by atoms with Crippen LogP contribution in [0.25, 0.3) is 0 Å². The van der Waals surface area contributed by atoms with Crippen molar-refractivity contribution >= 4 is 11.6 Å². The minimum absolute atomic E-state index is 0.0233. The van der Waals surface area contributed by atoms with Gasteiger partial charge in [0.2, 0.25) is 5.91 Å². The van der Waals surface area contributed by atoms with E-state index < -0.39 is 0 Å². The molecule has 0 saturated heterocycles. The summed E-state index contributed by atoms with van der Waals surface area (Å²) in [7, 11) is 0. The summed E-state index contributed by atoms with van der Waals surface area (Å²) in [6.07, 6.45) is 4.50. The lowest BCUT2D eigenvalue weighted by Crippen LogP contribution is -2.12. The number of anilines is 1. The van der Waals surface area contributed by atoms with E-state index in [1.807, 2.05) is 10.6 Å². The third kappa shape index (κ3) is 4.62. The fourth-order valence-corrected chi connectivity index (χ4v) is 1.87. The second-order valence-corrected chi connectivity index (χ2v) is 4.61. The third-order valence-corrected chi connectivity index (χ3v) is 2.98. The first kappa shape index (κ1) is 14.5. The summed E-state index contributed by atoms with van der Waals surface area (Å²) in [6, 6.07) is 11.8. The molecule has 0 saturated carbocycles. The van der Waals surface area contributed by atoms with Gasteiger partial charge < -0.3 is 9.88 Å². The Morgan fingerprint density at radius 2 is 1.81 bits per heavy atom. The van der Waals surface area contributed by atoms with Crippen LogP contribution in [0.2, 0.25) is 0 Å². The molecule has 1 aromatic carbocycles. The van der Waals surface area contributed by atoms with Crippen molar-refractivity contribution in [1.29, 1.82) is 5.26 Å². The van der Waals surface area contributed by atoms with Gasteiger partial charge in [-0.15, -0.1) is 0 Å². The van der Waals surface area contributed by atoms with Crippen molar-refractivity contribution < 1.29 is 4.79 Å². The Bertz CT molecular complexity index is 691. The van der Waals surface area contributed by atoms with Crippen LogP contribution < -0.4 is 10.7 Å². The molecule has 0 unspecified atom stereocenters. The van der Waals surface area contributed by atoms with Crippen LogP contribution in [0.3, 0.4) is 0 Å². The van der Waals surface area contributed by atoms with Crippen molar-refractivity contribution in [1.82, 2.24) is 4.57 Å². The van der Waals surface area contributed by atoms with Crippen LogP contribution in [-0.2, 0) is 11.3 Å². The molecule has 0 aliphatic rings. The van der Waals surface area contributed by atoms with E-state index in [0.717, 1.165) is 0 Å². The van der Waals surface area contributed by atoms with Crippen molar-refractivity contribution in [2.45, 2.75) is 19.4 Å². The number of benzene rings is 1. The Kier molecular flexibility index (Phi) is 4.89. The summed E-state index contributed by atoms with van der Waals surface area (Å²) < 4.78 is 1.87. The van der Waals surface area contributed by atoms with Gasteiger partial charge in [0.1, 0.15) is 0 Å². The van der Waals surface area contributed by atoms with E-state index in [-0.39, 0.29) is 11.3 Å². The average Bonchev–Trinajstić information content (AvgIpc) is 2.50. The number of aromatic nitrogens is 1. The number of amides is 1. The zero-order valence-electron chi connectivity index (χ0n) is 11.5. The Hall–Kier alpha value is -2.87. The van der Waals surface area contributed by atoms with E-state index in [2.05, 4.69) is 5.32 Å². The Morgan fingerprint density at radius 1 is 1.14 bits per heavy atom. The molecule has 1 heterocycles. The monoisotopic (exact) mass is 281 g/mol. The Labute approximate surface area is 122 Å². The fraction of sp³-hybridized carbons (Fsp3) is 0.188. The zero-order chi connectivity index (χ0) is 15.1. The SMILES string of the molecule is N#Cc1ccc(NC(=O)CCCn2ccc(=O)cc2)cc1. The lowest BCUT2D eigenvalue weighted by Gasteiger charge is -2.07. The summed E-state index contributed by atoms with van der Waals surface area (Å²) in [5.74, 6) is -0.0687. The summed E-state index contributed by atoms with van der Waals surface area (Å²) in [6.45, 7) is 0.682. The van der Waals surface area contributed by atoms with Gasteiger partial charge in [0.15, 0.2) is 5.43 Å². The van der Waals surface area contributed by atoms with E-state index in [9.17, 15) is 9.59 Å². The highest BCUT2D eigenvalue weighted by Crippen LogP contribution is 2.09. The van der Waals surface area contributed by atoms with Crippen LogP contribution in [0, 0.1) is 11.3 Å². The fourth-order valence-electron chi connectivity index (χ4n) is 1.87. The molecule has 0 fully saturated rings. The molecule has 0 atom stereocenters. The van der Waals surface area contributed by atoms with Crippen molar-refractivity contribution in [2.24, 2.45) is 0 Å². The first-order valence-electron chi connectivity index (χ1n) is 6.63. The first-order valence-corrected chi connectivity index (χ1v) is 6.63. The molecule has 1 aromatic heterocycles. The summed E-state index contributed by atoms with van der Waals surface area (Å²) in [4.78, 5) is 22.7. The minimum atomic E-state index is -0.0687. The maximum atomic E-state index is 11.8. The van der Waals surface area contributed by atoms with E-state index in [0.29, 0.717) is 30.6 Å². The highest BCUT2D eigenvalue weighted by Gasteiger charge is 2.02. The Balaban J connectivity index is 1.78. The van der Waals surface area contributed by atoms with Gasteiger partial charge in [0.05, 0.1) is 11.6 Å².